The summed E-state index contributed by atoms with van der Waals surface area (Å²) in [7, 11) is 1.72. The molecule has 5 heteroatoms. The number of aryl methyl sites for hydroxylation is 1. The van der Waals surface area contributed by atoms with Crippen LogP contribution < -0.4 is 5.32 Å². The second-order valence-electron chi connectivity index (χ2n) is 4.91. The van der Waals surface area contributed by atoms with Gasteiger partial charge in [0.05, 0.1) is 0 Å². The van der Waals surface area contributed by atoms with Gasteiger partial charge in [-0.25, -0.2) is 0 Å². The van der Waals surface area contributed by atoms with Gasteiger partial charge < -0.3 is 5.32 Å². The molecular formula is C11H14N4O. The summed E-state index contributed by atoms with van der Waals surface area (Å²) in [6.07, 6.45) is 2.49. The van der Waals surface area contributed by atoms with Crippen molar-refractivity contribution in [3.05, 3.63) is 11.8 Å². The zero-order valence-electron chi connectivity index (χ0n) is 9.61. The number of anilines is 1. The van der Waals surface area contributed by atoms with E-state index in [9.17, 15) is 4.79 Å². The molecule has 0 spiro atoms. The normalized spacial score (nSPS) is 21.2. The average Bonchev–Trinajstić information content (AvgIpc) is 2.67. The number of nitrogens with one attached hydrogen (secondary N) is 1. The summed E-state index contributed by atoms with van der Waals surface area (Å²) >= 11 is 0. The lowest BCUT2D eigenvalue weighted by Gasteiger charge is -2.03. The fraction of sp³-hybridized carbons (Fsp3) is 0.545. The minimum atomic E-state index is -0.0415. The van der Waals surface area contributed by atoms with Crippen molar-refractivity contribution in [1.29, 1.82) is 5.26 Å². The summed E-state index contributed by atoms with van der Waals surface area (Å²) in [6.45, 7) is 4.11. The maximum absolute atomic E-state index is 11.8. The molecule has 1 aromatic rings. The van der Waals surface area contributed by atoms with Crippen LogP contribution in [-0.4, -0.2) is 15.7 Å². The number of hydrogen-bond acceptors (Lipinski definition) is 3. The number of nitrogens with zero attached hydrogens (tertiary/aromatic N) is 3. The number of rotatable bonds is 2. The topological polar surface area (TPSA) is 70.7 Å². The molecule has 1 aromatic heterocycles. The molecule has 1 amide bonds. The number of hydrogen-bond donors (Lipinski definition) is 1. The van der Waals surface area contributed by atoms with Gasteiger partial charge in [-0.05, 0) is 11.8 Å². The molecule has 1 aliphatic carbocycles. The van der Waals surface area contributed by atoms with E-state index in [0.29, 0.717) is 11.4 Å². The van der Waals surface area contributed by atoms with Crippen molar-refractivity contribution in [3.8, 4) is 6.07 Å². The molecule has 1 saturated carbocycles. The molecule has 1 N–H and O–H groups in total. The lowest BCUT2D eigenvalue weighted by molar-refractivity contribution is -0.118. The fourth-order valence-electron chi connectivity index (χ4n) is 1.78. The summed E-state index contributed by atoms with van der Waals surface area (Å²) in [6, 6.07) is 2.00. The van der Waals surface area contributed by atoms with E-state index in [0.717, 1.165) is 6.42 Å². The van der Waals surface area contributed by atoms with Crippen LogP contribution in [0.3, 0.4) is 0 Å². The Bertz CT molecular complexity index is 481. The van der Waals surface area contributed by atoms with Crippen LogP contribution in [0.2, 0.25) is 0 Å². The van der Waals surface area contributed by atoms with Gasteiger partial charge in [-0.1, -0.05) is 13.8 Å². The molecule has 1 aliphatic rings. The van der Waals surface area contributed by atoms with Gasteiger partial charge in [0.15, 0.2) is 5.82 Å². The van der Waals surface area contributed by atoms with E-state index in [2.05, 4.69) is 24.3 Å². The monoisotopic (exact) mass is 218 g/mol. The predicted octanol–water partition coefficient (Wildman–Crippen LogP) is 1.28. The largest absolute Gasteiger partial charge is 0.308 e. The molecule has 0 radical (unpaired) electrons. The third-order valence-electron chi connectivity index (χ3n) is 3.02. The van der Waals surface area contributed by atoms with E-state index in [4.69, 9.17) is 5.26 Å². The number of aromatic nitrogens is 2. The summed E-state index contributed by atoms with van der Waals surface area (Å²) in [4.78, 5) is 11.8. The van der Waals surface area contributed by atoms with Gasteiger partial charge in [0.25, 0.3) is 0 Å². The maximum Gasteiger partial charge on any atom is 0.229 e. The molecule has 0 aromatic carbocycles. The fourth-order valence-corrected chi connectivity index (χ4v) is 1.78. The highest BCUT2D eigenvalue weighted by molar-refractivity contribution is 5.95. The summed E-state index contributed by atoms with van der Waals surface area (Å²) in [5, 5.41) is 15.6. The second kappa shape index (κ2) is 3.34. The van der Waals surface area contributed by atoms with Crippen LogP contribution in [0.15, 0.2) is 6.20 Å². The average molecular weight is 218 g/mol. The summed E-state index contributed by atoms with van der Waals surface area (Å²) < 4.78 is 1.52. The Kier molecular flexibility index (Phi) is 2.23. The smallest absolute Gasteiger partial charge is 0.229 e. The molecule has 16 heavy (non-hydrogen) atoms. The zero-order chi connectivity index (χ0) is 11.9. The van der Waals surface area contributed by atoms with Crippen LogP contribution in [0.5, 0.6) is 0 Å². The Labute approximate surface area is 94.1 Å². The Hall–Kier alpha value is -1.83. The molecule has 1 heterocycles. The SMILES string of the molecule is Cn1cc(C#N)c(NC(=O)C2CC2(C)C)n1. The number of carbonyl (C=O) groups excluding carboxylic acids is 1. The van der Waals surface area contributed by atoms with Crippen molar-refractivity contribution in [2.75, 3.05) is 5.32 Å². The first-order valence-corrected chi connectivity index (χ1v) is 5.18. The lowest BCUT2D eigenvalue weighted by Crippen LogP contribution is -2.17. The Morgan fingerprint density at radius 3 is 2.88 bits per heavy atom. The highest BCUT2D eigenvalue weighted by Gasteiger charge is 2.50. The van der Waals surface area contributed by atoms with Crippen LogP contribution in [0.1, 0.15) is 25.8 Å². The molecule has 2 rings (SSSR count). The van der Waals surface area contributed by atoms with E-state index in [1.165, 1.54) is 4.68 Å². The third-order valence-corrected chi connectivity index (χ3v) is 3.02. The molecule has 1 atom stereocenters. The van der Waals surface area contributed by atoms with Gasteiger partial charge in [-0.2, -0.15) is 10.4 Å². The number of carbonyl (C=O) groups is 1. The van der Waals surface area contributed by atoms with Crippen LogP contribution >= 0.6 is 0 Å². The van der Waals surface area contributed by atoms with Crippen molar-refractivity contribution in [2.24, 2.45) is 18.4 Å². The minimum Gasteiger partial charge on any atom is -0.308 e. The molecule has 1 fully saturated rings. The quantitative estimate of drug-likeness (QED) is 0.812. The van der Waals surface area contributed by atoms with Gasteiger partial charge in [0.1, 0.15) is 11.6 Å². The Morgan fingerprint density at radius 1 is 1.75 bits per heavy atom. The van der Waals surface area contributed by atoms with Crippen LogP contribution in [-0.2, 0) is 11.8 Å². The van der Waals surface area contributed by atoms with Crippen molar-refractivity contribution in [1.82, 2.24) is 9.78 Å². The highest BCUT2D eigenvalue weighted by Crippen LogP contribution is 2.51. The van der Waals surface area contributed by atoms with E-state index in [1.807, 2.05) is 6.07 Å². The van der Waals surface area contributed by atoms with E-state index in [1.54, 1.807) is 13.2 Å². The second-order valence-corrected chi connectivity index (χ2v) is 4.91. The minimum absolute atomic E-state index is 0.0415. The van der Waals surface area contributed by atoms with Crippen molar-refractivity contribution >= 4 is 11.7 Å². The molecule has 5 nitrogen and oxygen atoms in total. The van der Waals surface area contributed by atoms with Gasteiger partial charge in [0, 0.05) is 19.2 Å². The number of nitriles is 1. The van der Waals surface area contributed by atoms with Crippen LogP contribution in [0.4, 0.5) is 5.82 Å². The molecular weight excluding hydrogens is 204 g/mol. The molecule has 0 aliphatic heterocycles. The Balaban J connectivity index is 2.10. The first-order valence-electron chi connectivity index (χ1n) is 5.18. The van der Waals surface area contributed by atoms with Gasteiger partial charge in [0.2, 0.25) is 5.91 Å². The van der Waals surface area contributed by atoms with E-state index in [-0.39, 0.29) is 17.2 Å². The first kappa shape index (κ1) is 10.7. The molecule has 0 saturated heterocycles. The van der Waals surface area contributed by atoms with Crippen molar-refractivity contribution in [3.63, 3.8) is 0 Å². The maximum atomic E-state index is 11.8. The standard InChI is InChI=1S/C11H14N4O/c1-11(2)4-8(11)10(16)13-9-7(5-12)6-15(3)14-9/h6,8H,4H2,1-3H3,(H,13,14,16). The molecule has 1 unspecified atom stereocenters. The van der Waals surface area contributed by atoms with Gasteiger partial charge in [-0.3, -0.25) is 9.48 Å². The van der Waals surface area contributed by atoms with E-state index < -0.39 is 0 Å². The lowest BCUT2D eigenvalue weighted by atomic mass is 10.1. The Morgan fingerprint density at radius 2 is 2.38 bits per heavy atom. The van der Waals surface area contributed by atoms with E-state index >= 15 is 0 Å². The third kappa shape index (κ3) is 1.78. The van der Waals surface area contributed by atoms with Gasteiger partial charge >= 0.3 is 0 Å². The van der Waals surface area contributed by atoms with Gasteiger partial charge in [-0.15, -0.1) is 0 Å². The summed E-state index contributed by atoms with van der Waals surface area (Å²) in [5.74, 6) is 0.360. The first-order chi connectivity index (χ1) is 7.44. The van der Waals surface area contributed by atoms with Crippen LogP contribution in [0, 0.1) is 22.7 Å². The van der Waals surface area contributed by atoms with Crippen molar-refractivity contribution in [2.45, 2.75) is 20.3 Å². The van der Waals surface area contributed by atoms with Crippen molar-refractivity contribution < 1.29 is 4.79 Å². The highest BCUT2D eigenvalue weighted by atomic mass is 16.2. The van der Waals surface area contributed by atoms with Crippen LogP contribution in [0.25, 0.3) is 0 Å². The molecule has 0 bridgehead atoms. The number of amides is 1. The summed E-state index contributed by atoms with van der Waals surface area (Å²) in [5.41, 5.74) is 0.486. The zero-order valence-corrected chi connectivity index (χ0v) is 9.61. The predicted molar refractivity (Wildman–Crippen MR) is 58.4 cm³/mol. The molecule has 84 valence electrons.